The van der Waals surface area contributed by atoms with Crippen molar-refractivity contribution in [2.45, 2.75) is 45.3 Å². The standard InChI is InChI=1S/C13H20FNO/c1-3-7-11(15)12(4-2)16-13-9-6-5-8-10(13)14/h5-6,8-9,11-12H,3-4,7,15H2,1-2H3. The van der Waals surface area contributed by atoms with Crippen molar-refractivity contribution in [3.63, 3.8) is 0 Å². The molecular formula is C13H20FNO. The van der Waals surface area contributed by atoms with E-state index in [-0.39, 0.29) is 18.0 Å². The molecule has 0 aliphatic heterocycles. The quantitative estimate of drug-likeness (QED) is 0.807. The van der Waals surface area contributed by atoms with Gasteiger partial charge >= 0.3 is 0 Å². The molecule has 0 aromatic heterocycles. The molecule has 0 spiro atoms. The first-order valence-electron chi connectivity index (χ1n) is 5.85. The lowest BCUT2D eigenvalue weighted by Crippen LogP contribution is -2.38. The Balaban J connectivity index is 2.66. The van der Waals surface area contributed by atoms with E-state index < -0.39 is 0 Å². The summed E-state index contributed by atoms with van der Waals surface area (Å²) in [5.74, 6) is -0.0365. The van der Waals surface area contributed by atoms with Crippen LogP contribution in [0.2, 0.25) is 0 Å². The third kappa shape index (κ3) is 3.49. The molecule has 2 N–H and O–H groups in total. The first-order valence-corrected chi connectivity index (χ1v) is 5.85. The normalized spacial score (nSPS) is 14.5. The highest BCUT2D eigenvalue weighted by Crippen LogP contribution is 2.19. The molecule has 0 aliphatic carbocycles. The minimum Gasteiger partial charge on any atom is -0.486 e. The average Bonchev–Trinajstić information content (AvgIpc) is 2.28. The second-order valence-corrected chi connectivity index (χ2v) is 3.95. The third-order valence-electron chi connectivity index (χ3n) is 2.62. The van der Waals surface area contributed by atoms with E-state index in [0.29, 0.717) is 5.75 Å². The molecule has 0 amide bonds. The van der Waals surface area contributed by atoms with Crippen LogP contribution in [0.3, 0.4) is 0 Å². The molecule has 0 saturated carbocycles. The molecule has 2 unspecified atom stereocenters. The molecule has 1 aromatic carbocycles. The van der Waals surface area contributed by atoms with Gasteiger partial charge in [-0.05, 0) is 25.0 Å². The maximum atomic E-state index is 13.4. The van der Waals surface area contributed by atoms with Crippen LogP contribution in [0.5, 0.6) is 5.75 Å². The van der Waals surface area contributed by atoms with Gasteiger partial charge in [0, 0.05) is 6.04 Å². The van der Waals surface area contributed by atoms with Crippen molar-refractivity contribution in [3.05, 3.63) is 30.1 Å². The van der Waals surface area contributed by atoms with Crippen LogP contribution in [0.4, 0.5) is 4.39 Å². The van der Waals surface area contributed by atoms with Crippen molar-refractivity contribution in [3.8, 4) is 5.75 Å². The molecule has 90 valence electrons. The average molecular weight is 225 g/mol. The van der Waals surface area contributed by atoms with Gasteiger partial charge in [-0.1, -0.05) is 32.4 Å². The number of para-hydroxylation sites is 1. The zero-order valence-corrected chi connectivity index (χ0v) is 9.95. The van der Waals surface area contributed by atoms with Gasteiger partial charge in [0.15, 0.2) is 11.6 Å². The predicted molar refractivity (Wildman–Crippen MR) is 64.0 cm³/mol. The number of nitrogens with two attached hydrogens (primary N) is 1. The van der Waals surface area contributed by atoms with Crippen molar-refractivity contribution >= 4 is 0 Å². The molecule has 0 radical (unpaired) electrons. The molecule has 0 heterocycles. The van der Waals surface area contributed by atoms with Crippen LogP contribution in [0.1, 0.15) is 33.1 Å². The van der Waals surface area contributed by atoms with Gasteiger partial charge in [-0.15, -0.1) is 0 Å². The van der Waals surface area contributed by atoms with E-state index >= 15 is 0 Å². The van der Waals surface area contributed by atoms with Crippen LogP contribution in [0, 0.1) is 5.82 Å². The van der Waals surface area contributed by atoms with Gasteiger partial charge in [0.25, 0.3) is 0 Å². The molecule has 2 atom stereocenters. The molecule has 0 bridgehead atoms. The highest BCUT2D eigenvalue weighted by molar-refractivity contribution is 5.24. The van der Waals surface area contributed by atoms with Crippen molar-refractivity contribution in [2.24, 2.45) is 5.73 Å². The summed E-state index contributed by atoms with van der Waals surface area (Å²) in [6.07, 6.45) is 2.58. The Hall–Kier alpha value is -1.09. The number of ether oxygens (including phenoxy) is 1. The van der Waals surface area contributed by atoms with Crippen LogP contribution in [-0.2, 0) is 0 Å². The lowest BCUT2D eigenvalue weighted by atomic mass is 10.0. The van der Waals surface area contributed by atoms with E-state index in [2.05, 4.69) is 6.92 Å². The summed E-state index contributed by atoms with van der Waals surface area (Å²) in [6.45, 7) is 4.08. The van der Waals surface area contributed by atoms with E-state index in [1.54, 1.807) is 18.2 Å². The van der Waals surface area contributed by atoms with Crippen molar-refractivity contribution in [1.82, 2.24) is 0 Å². The third-order valence-corrected chi connectivity index (χ3v) is 2.62. The number of hydrogen-bond donors (Lipinski definition) is 1. The van der Waals surface area contributed by atoms with Crippen LogP contribution in [0.15, 0.2) is 24.3 Å². The summed E-state index contributed by atoms with van der Waals surface area (Å²) < 4.78 is 19.0. The molecular weight excluding hydrogens is 205 g/mol. The Bertz CT molecular complexity index is 317. The van der Waals surface area contributed by atoms with Gasteiger partial charge in [0.1, 0.15) is 6.10 Å². The van der Waals surface area contributed by atoms with Gasteiger partial charge in [-0.2, -0.15) is 0 Å². The fourth-order valence-electron chi connectivity index (χ4n) is 1.70. The Kier molecular flexibility index (Phi) is 5.26. The summed E-state index contributed by atoms with van der Waals surface area (Å²) in [6, 6.07) is 6.41. The van der Waals surface area contributed by atoms with Gasteiger partial charge in [-0.3, -0.25) is 0 Å². The predicted octanol–water partition coefficient (Wildman–Crippen LogP) is 3.11. The zero-order valence-electron chi connectivity index (χ0n) is 9.95. The largest absolute Gasteiger partial charge is 0.486 e. The molecule has 0 aliphatic rings. The summed E-state index contributed by atoms with van der Waals surface area (Å²) >= 11 is 0. The van der Waals surface area contributed by atoms with Crippen LogP contribution in [0.25, 0.3) is 0 Å². The molecule has 16 heavy (non-hydrogen) atoms. The van der Waals surface area contributed by atoms with E-state index in [0.717, 1.165) is 19.3 Å². The molecule has 3 heteroatoms. The fourth-order valence-corrected chi connectivity index (χ4v) is 1.70. The molecule has 0 saturated heterocycles. The van der Waals surface area contributed by atoms with E-state index in [1.807, 2.05) is 6.92 Å². The van der Waals surface area contributed by atoms with E-state index in [9.17, 15) is 4.39 Å². The second-order valence-electron chi connectivity index (χ2n) is 3.95. The highest BCUT2D eigenvalue weighted by atomic mass is 19.1. The Morgan fingerprint density at radius 2 is 2.00 bits per heavy atom. The first kappa shape index (κ1) is 13.0. The Morgan fingerprint density at radius 1 is 1.31 bits per heavy atom. The number of halogens is 1. The van der Waals surface area contributed by atoms with Gasteiger partial charge in [0.2, 0.25) is 0 Å². The topological polar surface area (TPSA) is 35.2 Å². The van der Waals surface area contributed by atoms with Crippen molar-refractivity contribution in [1.29, 1.82) is 0 Å². The number of benzene rings is 1. The fraction of sp³-hybridized carbons (Fsp3) is 0.538. The lowest BCUT2D eigenvalue weighted by molar-refractivity contribution is 0.154. The van der Waals surface area contributed by atoms with Gasteiger partial charge < -0.3 is 10.5 Å². The molecule has 1 aromatic rings. The molecule has 1 rings (SSSR count). The van der Waals surface area contributed by atoms with Crippen LogP contribution in [-0.4, -0.2) is 12.1 Å². The maximum Gasteiger partial charge on any atom is 0.165 e. The number of rotatable bonds is 6. The summed E-state index contributed by atoms with van der Waals surface area (Å²) in [4.78, 5) is 0. The lowest BCUT2D eigenvalue weighted by Gasteiger charge is -2.23. The van der Waals surface area contributed by atoms with E-state index in [4.69, 9.17) is 10.5 Å². The Labute approximate surface area is 96.6 Å². The SMILES string of the molecule is CCCC(N)C(CC)Oc1ccccc1F. The molecule has 0 fully saturated rings. The highest BCUT2D eigenvalue weighted by Gasteiger charge is 2.18. The monoisotopic (exact) mass is 225 g/mol. The van der Waals surface area contributed by atoms with Gasteiger partial charge in [-0.25, -0.2) is 4.39 Å². The molecule has 2 nitrogen and oxygen atoms in total. The summed E-state index contributed by atoms with van der Waals surface area (Å²) in [7, 11) is 0. The minimum absolute atomic E-state index is 0.0328. The van der Waals surface area contributed by atoms with Crippen molar-refractivity contribution in [2.75, 3.05) is 0 Å². The van der Waals surface area contributed by atoms with Crippen LogP contribution >= 0.6 is 0 Å². The van der Waals surface area contributed by atoms with E-state index in [1.165, 1.54) is 6.07 Å². The zero-order chi connectivity index (χ0) is 12.0. The smallest absolute Gasteiger partial charge is 0.165 e. The summed E-state index contributed by atoms with van der Waals surface area (Å²) in [5.41, 5.74) is 5.99. The second kappa shape index (κ2) is 6.48. The Morgan fingerprint density at radius 3 is 2.56 bits per heavy atom. The first-order chi connectivity index (χ1) is 7.69. The summed E-state index contributed by atoms with van der Waals surface area (Å²) in [5, 5.41) is 0. The van der Waals surface area contributed by atoms with Crippen molar-refractivity contribution < 1.29 is 9.13 Å². The maximum absolute atomic E-state index is 13.4. The van der Waals surface area contributed by atoms with Gasteiger partial charge in [0.05, 0.1) is 0 Å². The number of hydrogen-bond acceptors (Lipinski definition) is 2. The minimum atomic E-state index is -0.329. The van der Waals surface area contributed by atoms with Crippen LogP contribution < -0.4 is 10.5 Å².